The lowest BCUT2D eigenvalue weighted by atomic mass is 10.3. The third kappa shape index (κ3) is 3.79. The van der Waals surface area contributed by atoms with Crippen LogP contribution in [-0.2, 0) is 9.84 Å². The Morgan fingerprint density at radius 2 is 2.00 bits per heavy atom. The van der Waals surface area contributed by atoms with Crippen molar-refractivity contribution in [3.05, 3.63) is 36.5 Å². The maximum atomic E-state index is 12.5. The van der Waals surface area contributed by atoms with Crippen molar-refractivity contribution in [3.8, 4) is 11.6 Å². The molecule has 0 amide bonds. The summed E-state index contributed by atoms with van der Waals surface area (Å²) in [5.74, 6) is -0.185. The minimum Gasteiger partial charge on any atom is -0.435 e. The van der Waals surface area contributed by atoms with Crippen LogP contribution in [-0.4, -0.2) is 29.6 Å². The summed E-state index contributed by atoms with van der Waals surface area (Å²) in [5.41, 5.74) is -3.95. The molecule has 10 heteroatoms. The number of halogens is 3. The van der Waals surface area contributed by atoms with Gasteiger partial charge < -0.3 is 4.42 Å². The molecule has 0 bridgehead atoms. The summed E-state index contributed by atoms with van der Waals surface area (Å²) in [4.78, 5) is 8.05. The average molecular weight is 388 g/mol. The zero-order valence-electron chi connectivity index (χ0n) is 12.7. The van der Waals surface area contributed by atoms with E-state index < -0.39 is 15.3 Å². The van der Waals surface area contributed by atoms with Gasteiger partial charge in [0.05, 0.1) is 10.6 Å². The van der Waals surface area contributed by atoms with Crippen molar-refractivity contribution in [3.63, 3.8) is 0 Å². The molecule has 0 saturated carbocycles. The molecular formula is C15H11F3N2O3S2. The Hall–Kier alpha value is -2.07. The molecule has 0 radical (unpaired) electrons. The lowest BCUT2D eigenvalue weighted by molar-refractivity contribution is -0.0328. The monoisotopic (exact) mass is 388 g/mol. The highest BCUT2D eigenvalue weighted by atomic mass is 32.2. The number of aromatic nitrogens is 2. The summed E-state index contributed by atoms with van der Waals surface area (Å²) in [5, 5.41) is 0. The first-order chi connectivity index (χ1) is 11.7. The van der Waals surface area contributed by atoms with E-state index in [-0.39, 0.29) is 50.0 Å². The second-order valence-electron chi connectivity index (χ2n) is 4.95. The van der Waals surface area contributed by atoms with Gasteiger partial charge in [-0.25, -0.2) is 18.4 Å². The smallest absolute Gasteiger partial charge is 0.435 e. The van der Waals surface area contributed by atoms with Crippen molar-refractivity contribution in [2.45, 2.75) is 22.2 Å². The van der Waals surface area contributed by atoms with E-state index in [1.165, 1.54) is 43.5 Å². The van der Waals surface area contributed by atoms with Crippen LogP contribution in [0, 0.1) is 0 Å². The maximum absolute atomic E-state index is 12.5. The Bertz CT molecular complexity index is 1030. The molecular weight excluding hydrogens is 377 g/mol. The van der Waals surface area contributed by atoms with E-state index in [1.54, 1.807) is 0 Å². The fourth-order valence-corrected chi connectivity index (χ4v) is 3.77. The van der Waals surface area contributed by atoms with Gasteiger partial charge in [0.25, 0.3) is 0 Å². The van der Waals surface area contributed by atoms with Crippen LogP contribution in [0.4, 0.5) is 13.2 Å². The van der Waals surface area contributed by atoms with Gasteiger partial charge in [0, 0.05) is 11.1 Å². The second kappa shape index (κ2) is 6.34. The number of hydrogen-bond acceptors (Lipinski definition) is 6. The molecule has 1 aromatic carbocycles. The molecule has 3 aromatic rings. The first kappa shape index (κ1) is 17.7. The third-order valence-electron chi connectivity index (χ3n) is 3.28. The number of fused-ring (bicyclic) bond motifs is 1. The van der Waals surface area contributed by atoms with Gasteiger partial charge in [-0.1, -0.05) is 6.92 Å². The number of thioether (sulfide) groups is 1. The van der Waals surface area contributed by atoms with Crippen LogP contribution in [0.25, 0.3) is 22.7 Å². The van der Waals surface area contributed by atoms with Crippen molar-refractivity contribution in [2.24, 2.45) is 0 Å². The number of sulfone groups is 1. The van der Waals surface area contributed by atoms with Crippen molar-refractivity contribution in [1.82, 2.24) is 9.97 Å². The lowest BCUT2D eigenvalue weighted by Gasteiger charge is -2.04. The first-order valence-electron chi connectivity index (χ1n) is 7.04. The summed E-state index contributed by atoms with van der Waals surface area (Å²) in [7, 11) is -3.56. The van der Waals surface area contributed by atoms with E-state index in [4.69, 9.17) is 4.42 Å². The molecule has 0 spiro atoms. The second-order valence-corrected chi connectivity index (χ2v) is 8.34. The molecule has 3 rings (SSSR count). The third-order valence-corrected chi connectivity index (χ3v) is 5.76. The average Bonchev–Trinajstić information content (AvgIpc) is 2.96. The van der Waals surface area contributed by atoms with Gasteiger partial charge >= 0.3 is 5.51 Å². The molecule has 0 aliphatic heterocycles. The largest absolute Gasteiger partial charge is 0.446 e. The van der Waals surface area contributed by atoms with E-state index in [9.17, 15) is 21.6 Å². The van der Waals surface area contributed by atoms with Crippen molar-refractivity contribution < 1.29 is 26.0 Å². The number of alkyl halides is 3. The SMILES string of the molecule is CCS(=O)(=O)c1cccnc1-c1nc2cc(SC(F)(F)F)ccc2o1. The number of oxazole rings is 1. The quantitative estimate of drug-likeness (QED) is 0.621. The first-order valence-corrected chi connectivity index (χ1v) is 9.51. The fraction of sp³-hybridized carbons (Fsp3) is 0.200. The number of hydrogen-bond donors (Lipinski definition) is 0. The molecule has 5 nitrogen and oxygen atoms in total. The molecule has 0 atom stereocenters. The van der Waals surface area contributed by atoms with Gasteiger partial charge in [-0.05, 0) is 42.1 Å². The fourth-order valence-electron chi connectivity index (χ4n) is 2.16. The Kier molecular flexibility index (Phi) is 4.50. The molecule has 0 saturated heterocycles. The molecule has 132 valence electrons. The molecule has 0 unspecified atom stereocenters. The standard InChI is InChI=1S/C15H11F3N2O3S2/c1-2-25(21,22)12-4-3-7-19-13(12)14-20-10-8-9(24-15(16,17)18)5-6-11(10)23-14/h3-8H,2H2,1H3. The van der Waals surface area contributed by atoms with Crippen LogP contribution in [0.2, 0.25) is 0 Å². The Balaban J connectivity index is 2.09. The highest BCUT2D eigenvalue weighted by molar-refractivity contribution is 8.00. The van der Waals surface area contributed by atoms with Gasteiger partial charge in [-0.3, -0.25) is 0 Å². The molecule has 0 N–H and O–H groups in total. The van der Waals surface area contributed by atoms with E-state index in [0.29, 0.717) is 0 Å². The number of rotatable bonds is 4. The molecule has 0 aliphatic rings. The predicted octanol–water partition coefficient (Wildman–Crippen LogP) is 4.30. The lowest BCUT2D eigenvalue weighted by Crippen LogP contribution is -2.06. The van der Waals surface area contributed by atoms with E-state index in [1.807, 2.05) is 0 Å². The van der Waals surface area contributed by atoms with Crippen LogP contribution < -0.4 is 0 Å². The van der Waals surface area contributed by atoms with Crippen molar-refractivity contribution >= 4 is 32.7 Å². The Morgan fingerprint density at radius 1 is 1.24 bits per heavy atom. The van der Waals surface area contributed by atoms with Crippen molar-refractivity contribution in [2.75, 3.05) is 5.75 Å². The minimum absolute atomic E-state index is 0.0329. The van der Waals surface area contributed by atoms with Gasteiger partial charge in [0.15, 0.2) is 15.4 Å². The van der Waals surface area contributed by atoms with E-state index >= 15 is 0 Å². The summed E-state index contributed by atoms with van der Waals surface area (Å²) in [6.07, 6.45) is 1.39. The zero-order valence-corrected chi connectivity index (χ0v) is 14.4. The van der Waals surface area contributed by atoms with Crippen LogP contribution in [0.1, 0.15) is 6.92 Å². The summed E-state index contributed by atoms with van der Waals surface area (Å²) in [6.45, 7) is 1.50. The van der Waals surface area contributed by atoms with Gasteiger partial charge in [-0.2, -0.15) is 13.2 Å². The van der Waals surface area contributed by atoms with E-state index in [0.717, 1.165) is 0 Å². The van der Waals surface area contributed by atoms with E-state index in [2.05, 4.69) is 9.97 Å². The summed E-state index contributed by atoms with van der Waals surface area (Å²) in [6, 6.07) is 6.72. The predicted molar refractivity (Wildman–Crippen MR) is 86.9 cm³/mol. The highest BCUT2D eigenvalue weighted by Gasteiger charge is 2.29. The molecule has 0 aliphatic carbocycles. The highest BCUT2D eigenvalue weighted by Crippen LogP contribution is 2.38. The van der Waals surface area contributed by atoms with Crippen molar-refractivity contribution in [1.29, 1.82) is 0 Å². The summed E-state index contributed by atoms with van der Waals surface area (Å²) < 4.78 is 67.3. The molecule has 2 heterocycles. The van der Waals surface area contributed by atoms with Gasteiger partial charge in [0.1, 0.15) is 11.2 Å². The van der Waals surface area contributed by atoms with Crippen LogP contribution >= 0.6 is 11.8 Å². The Labute approximate surface area is 145 Å². The van der Waals surface area contributed by atoms with Crippen LogP contribution in [0.3, 0.4) is 0 Å². The van der Waals surface area contributed by atoms with Crippen LogP contribution in [0.5, 0.6) is 0 Å². The molecule has 0 fully saturated rings. The Morgan fingerprint density at radius 3 is 2.68 bits per heavy atom. The van der Waals surface area contributed by atoms with Gasteiger partial charge in [0.2, 0.25) is 5.89 Å². The maximum Gasteiger partial charge on any atom is 0.446 e. The normalized spacial score (nSPS) is 12.6. The minimum atomic E-state index is -4.41. The topological polar surface area (TPSA) is 73.1 Å². The number of pyridine rings is 1. The zero-order chi connectivity index (χ0) is 18.2. The molecule has 25 heavy (non-hydrogen) atoms. The summed E-state index contributed by atoms with van der Waals surface area (Å²) >= 11 is -0.261. The number of nitrogens with zero attached hydrogens (tertiary/aromatic N) is 2. The molecule has 2 aromatic heterocycles. The number of benzene rings is 1. The van der Waals surface area contributed by atoms with Gasteiger partial charge in [-0.15, -0.1) is 0 Å². The van der Waals surface area contributed by atoms with Crippen LogP contribution in [0.15, 0.2) is 50.7 Å².